The molecule has 1 saturated carbocycles. The molecule has 90 valence electrons. The zero-order valence-corrected chi connectivity index (χ0v) is 9.61. The molecule has 0 spiro atoms. The van der Waals surface area contributed by atoms with Gasteiger partial charge in [-0.3, -0.25) is 0 Å². The van der Waals surface area contributed by atoms with Gasteiger partial charge in [0.1, 0.15) is 6.10 Å². The molecule has 0 amide bonds. The molecule has 1 rings (SSSR count). The molecule has 1 aliphatic rings. The molecule has 16 heavy (non-hydrogen) atoms. The summed E-state index contributed by atoms with van der Waals surface area (Å²) >= 11 is 0. The second-order valence-electron chi connectivity index (χ2n) is 3.98. The Balaban J connectivity index is 2.32. The van der Waals surface area contributed by atoms with E-state index in [1.807, 2.05) is 0 Å². The summed E-state index contributed by atoms with van der Waals surface area (Å²) in [5, 5.41) is 0. The Labute approximate surface area is 95.6 Å². The Bertz CT molecular complexity index is 266. The van der Waals surface area contributed by atoms with Gasteiger partial charge < -0.3 is 9.47 Å². The topological polar surface area (TPSA) is 52.6 Å². The number of hydrogen-bond donors (Lipinski definition) is 0. The molecule has 0 radical (unpaired) electrons. The quantitative estimate of drug-likeness (QED) is 0.543. The highest BCUT2D eigenvalue weighted by Gasteiger charge is 2.23. The largest absolute Gasteiger partial charge is 0.460 e. The molecular formula is C12H18O4. The van der Waals surface area contributed by atoms with Gasteiger partial charge in [0.25, 0.3) is 0 Å². The van der Waals surface area contributed by atoms with Gasteiger partial charge >= 0.3 is 11.9 Å². The van der Waals surface area contributed by atoms with Crippen molar-refractivity contribution in [1.82, 2.24) is 0 Å². The van der Waals surface area contributed by atoms with Gasteiger partial charge in [-0.05, 0) is 32.6 Å². The standard InChI is InChI=1S/C12H18O4/c1-3-11(13)15-9(2)12(14)16-10-7-5-4-6-8-10/h3,9-10H,1,4-8H2,2H3. The molecule has 0 aromatic rings. The number of ether oxygens (including phenoxy) is 2. The molecule has 0 aliphatic heterocycles. The fourth-order valence-electron chi connectivity index (χ4n) is 1.71. The van der Waals surface area contributed by atoms with Crippen LogP contribution in [-0.2, 0) is 19.1 Å². The van der Waals surface area contributed by atoms with E-state index in [9.17, 15) is 9.59 Å². The van der Waals surface area contributed by atoms with Gasteiger partial charge in [0.15, 0.2) is 6.10 Å². The average molecular weight is 226 g/mol. The van der Waals surface area contributed by atoms with Crippen molar-refractivity contribution in [3.63, 3.8) is 0 Å². The molecule has 1 unspecified atom stereocenters. The zero-order valence-electron chi connectivity index (χ0n) is 9.61. The van der Waals surface area contributed by atoms with Crippen molar-refractivity contribution in [2.75, 3.05) is 0 Å². The summed E-state index contributed by atoms with van der Waals surface area (Å²) in [5.74, 6) is -1.07. The first-order chi connectivity index (χ1) is 7.63. The molecule has 0 aromatic carbocycles. The van der Waals surface area contributed by atoms with Crippen molar-refractivity contribution in [1.29, 1.82) is 0 Å². The Morgan fingerprint density at radius 2 is 1.94 bits per heavy atom. The van der Waals surface area contributed by atoms with Gasteiger partial charge in [0.2, 0.25) is 0 Å². The van der Waals surface area contributed by atoms with Crippen LogP contribution >= 0.6 is 0 Å². The molecule has 0 saturated heterocycles. The Kier molecular flexibility index (Phi) is 5.02. The third kappa shape index (κ3) is 4.04. The minimum absolute atomic E-state index is 0.00821. The summed E-state index contributed by atoms with van der Waals surface area (Å²) in [4.78, 5) is 22.4. The lowest BCUT2D eigenvalue weighted by atomic mass is 9.98. The van der Waals surface area contributed by atoms with Crippen LogP contribution in [0.5, 0.6) is 0 Å². The van der Waals surface area contributed by atoms with Crippen LogP contribution in [0.3, 0.4) is 0 Å². The second-order valence-corrected chi connectivity index (χ2v) is 3.98. The summed E-state index contributed by atoms with van der Waals surface area (Å²) in [6.45, 7) is 4.77. The molecule has 4 heteroatoms. The van der Waals surface area contributed by atoms with Crippen LogP contribution in [0.25, 0.3) is 0 Å². The smallest absolute Gasteiger partial charge is 0.347 e. The van der Waals surface area contributed by atoms with Gasteiger partial charge in [0, 0.05) is 6.08 Å². The molecule has 1 atom stereocenters. The molecule has 0 aromatic heterocycles. The molecule has 1 aliphatic carbocycles. The first-order valence-electron chi connectivity index (χ1n) is 5.67. The molecule has 4 nitrogen and oxygen atoms in total. The molecule has 1 fully saturated rings. The van der Waals surface area contributed by atoms with E-state index in [2.05, 4.69) is 6.58 Å². The SMILES string of the molecule is C=CC(=O)OC(C)C(=O)OC1CCCCC1. The summed E-state index contributed by atoms with van der Waals surface area (Å²) in [6.07, 6.45) is 5.39. The molecular weight excluding hydrogens is 208 g/mol. The predicted molar refractivity (Wildman–Crippen MR) is 58.7 cm³/mol. The maximum atomic E-state index is 11.5. The monoisotopic (exact) mass is 226 g/mol. The fraction of sp³-hybridized carbons (Fsp3) is 0.667. The van der Waals surface area contributed by atoms with E-state index in [-0.39, 0.29) is 6.10 Å². The zero-order chi connectivity index (χ0) is 12.0. The van der Waals surface area contributed by atoms with Crippen LogP contribution in [0.15, 0.2) is 12.7 Å². The minimum Gasteiger partial charge on any atom is -0.460 e. The van der Waals surface area contributed by atoms with Crippen LogP contribution in [0.4, 0.5) is 0 Å². The Morgan fingerprint density at radius 3 is 2.50 bits per heavy atom. The van der Waals surface area contributed by atoms with Gasteiger partial charge in [-0.25, -0.2) is 9.59 Å². The first kappa shape index (κ1) is 12.7. The average Bonchev–Trinajstić information content (AvgIpc) is 2.30. The van der Waals surface area contributed by atoms with Gasteiger partial charge in [-0.2, -0.15) is 0 Å². The van der Waals surface area contributed by atoms with E-state index in [0.29, 0.717) is 0 Å². The lowest BCUT2D eigenvalue weighted by Crippen LogP contribution is -2.30. The summed E-state index contributed by atoms with van der Waals surface area (Å²) in [6, 6.07) is 0. The van der Waals surface area contributed by atoms with Crippen molar-refractivity contribution < 1.29 is 19.1 Å². The minimum atomic E-state index is -0.854. The van der Waals surface area contributed by atoms with Crippen molar-refractivity contribution >= 4 is 11.9 Å². The maximum Gasteiger partial charge on any atom is 0.347 e. The summed E-state index contributed by atoms with van der Waals surface area (Å²) < 4.78 is 10.0. The summed E-state index contributed by atoms with van der Waals surface area (Å²) in [5.41, 5.74) is 0. The molecule has 0 N–H and O–H groups in total. The highest BCUT2D eigenvalue weighted by atomic mass is 16.6. The fourth-order valence-corrected chi connectivity index (χ4v) is 1.71. The van der Waals surface area contributed by atoms with E-state index >= 15 is 0 Å². The second kappa shape index (κ2) is 6.30. The third-order valence-corrected chi connectivity index (χ3v) is 2.63. The van der Waals surface area contributed by atoms with E-state index in [1.54, 1.807) is 0 Å². The number of hydrogen-bond acceptors (Lipinski definition) is 4. The number of esters is 2. The Morgan fingerprint density at radius 1 is 1.31 bits per heavy atom. The van der Waals surface area contributed by atoms with Crippen LogP contribution in [0.2, 0.25) is 0 Å². The lowest BCUT2D eigenvalue weighted by molar-refractivity contribution is -0.168. The van der Waals surface area contributed by atoms with Gasteiger partial charge in [-0.15, -0.1) is 0 Å². The number of rotatable bonds is 4. The summed E-state index contributed by atoms with van der Waals surface area (Å²) in [7, 11) is 0. The Hall–Kier alpha value is -1.32. The third-order valence-electron chi connectivity index (χ3n) is 2.63. The predicted octanol–water partition coefficient (Wildman–Crippen LogP) is 1.98. The van der Waals surface area contributed by atoms with Gasteiger partial charge in [0.05, 0.1) is 0 Å². The molecule has 0 bridgehead atoms. The van der Waals surface area contributed by atoms with Crippen molar-refractivity contribution in [2.24, 2.45) is 0 Å². The van der Waals surface area contributed by atoms with E-state index in [0.717, 1.165) is 31.8 Å². The van der Waals surface area contributed by atoms with E-state index in [4.69, 9.17) is 9.47 Å². The van der Waals surface area contributed by atoms with Crippen molar-refractivity contribution in [3.05, 3.63) is 12.7 Å². The van der Waals surface area contributed by atoms with Crippen LogP contribution in [-0.4, -0.2) is 24.1 Å². The number of carbonyl (C=O) groups is 2. The lowest BCUT2D eigenvalue weighted by Gasteiger charge is -2.23. The van der Waals surface area contributed by atoms with Crippen LogP contribution in [0.1, 0.15) is 39.0 Å². The maximum absolute atomic E-state index is 11.5. The highest BCUT2D eigenvalue weighted by Crippen LogP contribution is 2.20. The normalized spacial score (nSPS) is 18.6. The molecule has 0 heterocycles. The van der Waals surface area contributed by atoms with E-state index < -0.39 is 18.0 Å². The first-order valence-corrected chi connectivity index (χ1v) is 5.67. The van der Waals surface area contributed by atoms with Crippen LogP contribution < -0.4 is 0 Å². The van der Waals surface area contributed by atoms with Crippen LogP contribution in [0, 0.1) is 0 Å². The van der Waals surface area contributed by atoms with Crippen molar-refractivity contribution in [3.8, 4) is 0 Å². The van der Waals surface area contributed by atoms with Crippen molar-refractivity contribution in [2.45, 2.75) is 51.2 Å². The van der Waals surface area contributed by atoms with E-state index in [1.165, 1.54) is 13.3 Å². The van der Waals surface area contributed by atoms with Gasteiger partial charge in [-0.1, -0.05) is 13.0 Å². The number of carbonyl (C=O) groups excluding carboxylic acids is 2. The highest BCUT2D eigenvalue weighted by molar-refractivity contribution is 5.85.